The first-order valence-corrected chi connectivity index (χ1v) is 22.4. The second-order valence-corrected chi connectivity index (χ2v) is 27.8. The highest BCUT2D eigenvalue weighted by molar-refractivity contribution is 6.73. The van der Waals surface area contributed by atoms with Gasteiger partial charge in [-0.2, -0.15) is 0 Å². The van der Waals surface area contributed by atoms with E-state index in [9.17, 15) is 9.59 Å². The Hall–Kier alpha value is -0.852. The summed E-state index contributed by atoms with van der Waals surface area (Å²) >= 11 is 0. The molecule has 0 aromatic heterocycles. The summed E-state index contributed by atoms with van der Waals surface area (Å²) in [6, 6.07) is 0. The fourth-order valence-corrected chi connectivity index (χ4v) is 4.50. The Morgan fingerprint density at radius 3 is 0.769 bits per heavy atom. The van der Waals surface area contributed by atoms with E-state index >= 15 is 0 Å². The zero-order chi connectivity index (χ0) is 21.1. The van der Waals surface area contributed by atoms with Crippen molar-refractivity contribution in [1.82, 2.24) is 0 Å². The van der Waals surface area contributed by atoms with Crippen molar-refractivity contribution in [3.8, 4) is 0 Å². The molecule has 0 bridgehead atoms. The molecule has 0 atom stereocenters. The predicted octanol–water partition coefficient (Wildman–Crippen LogP) is 4.66. The molecule has 0 unspecified atom stereocenters. The van der Waals surface area contributed by atoms with Crippen molar-refractivity contribution >= 4 is 45.2 Å². The fourth-order valence-electron chi connectivity index (χ4n) is 1.62. The van der Waals surface area contributed by atoms with Gasteiger partial charge in [0.15, 0.2) is 0 Å². The Balaban J connectivity index is 6.30. The molecule has 6 nitrogen and oxygen atoms in total. The Morgan fingerprint density at radius 2 is 0.615 bits per heavy atom. The molecule has 0 saturated heterocycles. The number of carbonyl (C=O) groups excluding carboxylic acids is 2. The molecule has 0 saturated carbocycles. The van der Waals surface area contributed by atoms with Gasteiger partial charge in [-0.15, -0.1) is 0 Å². The first-order chi connectivity index (χ1) is 11.2. The fraction of sp³-hybridized carbons (Fsp3) is 0.750. The van der Waals surface area contributed by atoms with Crippen LogP contribution in [0.4, 0.5) is 0 Å². The third-order valence-corrected chi connectivity index (χ3v) is 5.42. The van der Waals surface area contributed by atoms with Crippen molar-refractivity contribution in [2.75, 3.05) is 0 Å². The first kappa shape index (κ1) is 25.1. The lowest BCUT2D eigenvalue weighted by molar-refractivity contribution is -0.138. The van der Waals surface area contributed by atoms with Gasteiger partial charge in [0, 0.05) is 0 Å². The van der Waals surface area contributed by atoms with Crippen molar-refractivity contribution in [3.05, 3.63) is 11.5 Å². The maximum absolute atomic E-state index is 12.8. The highest BCUT2D eigenvalue weighted by atomic mass is 28.4. The molecule has 0 aliphatic rings. The average molecular weight is 437 g/mol. The van der Waals surface area contributed by atoms with Gasteiger partial charge in [-0.1, -0.05) is 0 Å². The molecule has 0 aromatic rings. The molecule has 10 heteroatoms. The molecule has 0 spiro atoms. The molecular weight excluding hydrogens is 401 g/mol. The molecule has 152 valence electrons. The number of hydrogen-bond acceptors (Lipinski definition) is 6. The van der Waals surface area contributed by atoms with E-state index in [1.165, 1.54) is 0 Å². The molecule has 0 aliphatic heterocycles. The van der Waals surface area contributed by atoms with E-state index in [4.69, 9.17) is 17.7 Å². The van der Waals surface area contributed by atoms with Gasteiger partial charge in [0.05, 0.1) is 0 Å². The van der Waals surface area contributed by atoms with Gasteiger partial charge in [0.2, 0.25) is 44.8 Å². The smallest absolute Gasteiger partial charge is 0.363 e. The third-order valence-electron chi connectivity index (χ3n) is 2.19. The van der Waals surface area contributed by atoms with Gasteiger partial charge in [-0.25, -0.2) is 9.59 Å². The van der Waals surface area contributed by atoms with Gasteiger partial charge in [-0.05, 0) is 78.6 Å². The lowest BCUT2D eigenvalue weighted by Gasteiger charge is -2.29. The summed E-state index contributed by atoms with van der Waals surface area (Å²) in [5.41, 5.74) is 0. The largest absolute Gasteiger partial charge is 0.537 e. The molecule has 26 heavy (non-hydrogen) atoms. The highest BCUT2D eigenvalue weighted by Gasteiger charge is 2.37. The van der Waals surface area contributed by atoms with Crippen LogP contribution in [0.5, 0.6) is 0 Å². The van der Waals surface area contributed by atoms with Crippen LogP contribution in [0.2, 0.25) is 78.6 Å². The minimum absolute atomic E-state index is 0.141. The average Bonchev–Trinajstić information content (AvgIpc) is 2.26. The molecule has 0 radical (unpaired) electrons. The quantitative estimate of drug-likeness (QED) is 0.313. The first-order valence-electron chi connectivity index (χ1n) is 8.79. The molecule has 0 fully saturated rings. The van der Waals surface area contributed by atoms with E-state index in [2.05, 4.69) is 0 Å². The summed E-state index contributed by atoms with van der Waals surface area (Å²) < 4.78 is 23.1. The Bertz CT molecular complexity index is 509. The number of hydrogen-bond donors (Lipinski definition) is 0. The van der Waals surface area contributed by atoms with Crippen LogP contribution < -0.4 is 0 Å². The van der Waals surface area contributed by atoms with Crippen LogP contribution in [-0.2, 0) is 27.3 Å². The monoisotopic (exact) mass is 436 g/mol. The molecule has 0 N–H and O–H groups in total. The summed E-state index contributed by atoms with van der Waals surface area (Å²) in [6.45, 7) is 23.0. The molecule has 0 rings (SSSR count). The SMILES string of the molecule is C[Si](C)(C)OC(=O)/C(O[Si](C)(C)C)=C(\O[Si](C)(C)C)C(=O)O[Si](C)(C)C. The van der Waals surface area contributed by atoms with Gasteiger partial charge >= 0.3 is 11.9 Å². The summed E-state index contributed by atoms with van der Waals surface area (Å²) in [6.07, 6.45) is 0. The van der Waals surface area contributed by atoms with E-state index in [0.29, 0.717) is 0 Å². The lowest BCUT2D eigenvalue weighted by Crippen LogP contribution is -2.39. The van der Waals surface area contributed by atoms with Gasteiger partial charge in [-0.3, -0.25) is 0 Å². The van der Waals surface area contributed by atoms with Crippen molar-refractivity contribution in [2.45, 2.75) is 78.6 Å². The van der Waals surface area contributed by atoms with Crippen molar-refractivity contribution in [3.63, 3.8) is 0 Å². The Labute approximate surface area is 162 Å². The van der Waals surface area contributed by atoms with Gasteiger partial charge < -0.3 is 17.7 Å². The van der Waals surface area contributed by atoms with Gasteiger partial charge in [0.25, 0.3) is 0 Å². The van der Waals surface area contributed by atoms with Gasteiger partial charge in [0.1, 0.15) is 0 Å². The zero-order valence-corrected chi connectivity index (χ0v) is 22.4. The molecule has 0 aliphatic carbocycles. The second kappa shape index (κ2) is 8.44. The standard InChI is InChI=1S/C16H36O6Si4/c1-23(2,3)19-13(15(17)21-25(7,8)9)14(20-24(4,5)6)16(18)22-26(10,11)12/h1-12H3/b14-13+. The van der Waals surface area contributed by atoms with Crippen LogP contribution in [0.25, 0.3) is 0 Å². The minimum Gasteiger partial charge on any atom is -0.537 e. The minimum atomic E-state index is -2.21. The summed E-state index contributed by atoms with van der Waals surface area (Å²) in [4.78, 5) is 25.6. The van der Waals surface area contributed by atoms with Crippen molar-refractivity contribution < 1.29 is 27.3 Å². The van der Waals surface area contributed by atoms with Crippen LogP contribution in [0.15, 0.2) is 11.5 Å². The van der Waals surface area contributed by atoms with E-state index in [0.717, 1.165) is 0 Å². The van der Waals surface area contributed by atoms with E-state index < -0.39 is 45.2 Å². The van der Waals surface area contributed by atoms with E-state index in [1.807, 2.05) is 78.6 Å². The van der Waals surface area contributed by atoms with Crippen LogP contribution in [0.3, 0.4) is 0 Å². The molecular formula is C16H36O6Si4. The Kier molecular flexibility index (Phi) is 8.17. The second-order valence-electron chi connectivity index (χ2n) is 10.1. The normalized spacial score (nSPS) is 14.3. The third kappa shape index (κ3) is 11.7. The summed E-state index contributed by atoms with van der Waals surface area (Å²) in [5.74, 6) is -1.57. The van der Waals surface area contributed by atoms with Crippen LogP contribution in [0.1, 0.15) is 0 Å². The number of rotatable bonds is 8. The van der Waals surface area contributed by atoms with Crippen molar-refractivity contribution in [2.24, 2.45) is 0 Å². The van der Waals surface area contributed by atoms with Crippen LogP contribution >= 0.6 is 0 Å². The maximum Gasteiger partial charge on any atom is 0.363 e. The van der Waals surface area contributed by atoms with Crippen LogP contribution in [0, 0.1) is 0 Å². The van der Waals surface area contributed by atoms with E-state index in [1.54, 1.807) is 0 Å². The summed E-state index contributed by atoms with van der Waals surface area (Å²) in [5, 5.41) is 0. The molecule has 0 heterocycles. The molecule has 0 amide bonds. The molecule has 0 aromatic carbocycles. The topological polar surface area (TPSA) is 71.1 Å². The maximum atomic E-state index is 12.8. The predicted molar refractivity (Wildman–Crippen MR) is 115 cm³/mol. The zero-order valence-electron chi connectivity index (χ0n) is 18.4. The summed E-state index contributed by atoms with van der Waals surface area (Å²) in [7, 11) is -8.77. The van der Waals surface area contributed by atoms with Crippen LogP contribution in [-0.4, -0.2) is 45.2 Å². The number of carbonyl (C=O) groups is 2. The van der Waals surface area contributed by atoms with E-state index in [-0.39, 0.29) is 11.5 Å². The highest BCUT2D eigenvalue weighted by Crippen LogP contribution is 2.24. The Morgan fingerprint density at radius 1 is 0.423 bits per heavy atom. The lowest BCUT2D eigenvalue weighted by atomic mass is 10.4. The van der Waals surface area contributed by atoms with Crippen molar-refractivity contribution in [1.29, 1.82) is 0 Å².